The SMILES string of the molecule is Fc1c(F)c2c(c3c1C(F)(F)C(F)(F)C(F)(F)C3(F)F)C(F)(F)C(F)(F)C(F)(F)C2(F)F. The molecule has 0 spiro atoms. The van der Waals surface area contributed by atoms with Crippen molar-refractivity contribution in [1.29, 1.82) is 0 Å². The smallest absolute Gasteiger partial charge is 0.203 e. The maximum Gasteiger partial charge on any atom is 0.383 e. The lowest BCUT2D eigenvalue weighted by molar-refractivity contribution is -0.397. The Bertz CT molecular complexity index is 934. The Balaban J connectivity index is 2.76. The van der Waals surface area contributed by atoms with Crippen LogP contribution < -0.4 is 0 Å². The number of hydrogen-bond donors (Lipinski definition) is 0. The van der Waals surface area contributed by atoms with Gasteiger partial charge in [0.2, 0.25) is 0 Å². The summed E-state index contributed by atoms with van der Waals surface area (Å²) in [7, 11) is 0. The first-order chi connectivity index (χ1) is 13.8. The summed E-state index contributed by atoms with van der Waals surface area (Å²) >= 11 is 0. The zero-order valence-corrected chi connectivity index (χ0v) is 13.8. The van der Waals surface area contributed by atoms with E-state index in [2.05, 4.69) is 0 Å². The molecule has 18 heteroatoms. The molecule has 32 heavy (non-hydrogen) atoms. The van der Waals surface area contributed by atoms with E-state index in [1.807, 2.05) is 0 Å². The average Bonchev–Trinajstić information content (AvgIpc) is 2.59. The molecule has 0 saturated carbocycles. The predicted octanol–water partition coefficient (Wildman–Crippen LogP) is 6.90. The lowest BCUT2D eigenvalue weighted by atomic mass is 9.70. The van der Waals surface area contributed by atoms with Gasteiger partial charge in [-0.3, -0.25) is 0 Å². The molecule has 182 valence electrons. The first kappa shape index (κ1) is 24.6. The average molecular weight is 510 g/mol. The van der Waals surface area contributed by atoms with Crippen LogP contribution in [0.3, 0.4) is 0 Å². The van der Waals surface area contributed by atoms with Crippen molar-refractivity contribution in [3.05, 3.63) is 33.9 Å². The van der Waals surface area contributed by atoms with Gasteiger partial charge in [-0.1, -0.05) is 0 Å². The molecule has 0 radical (unpaired) electrons. The van der Waals surface area contributed by atoms with Gasteiger partial charge in [-0.05, 0) is 0 Å². The second-order valence-electron chi connectivity index (χ2n) is 6.72. The molecule has 0 aliphatic heterocycles. The molecule has 1 aromatic rings. The zero-order valence-electron chi connectivity index (χ0n) is 13.8. The quantitative estimate of drug-likeness (QED) is 0.334. The van der Waals surface area contributed by atoms with Crippen LogP contribution in [-0.2, 0) is 23.7 Å². The van der Waals surface area contributed by atoms with Gasteiger partial charge in [-0.25, -0.2) is 8.78 Å². The van der Waals surface area contributed by atoms with Crippen molar-refractivity contribution in [1.82, 2.24) is 0 Å². The number of alkyl halides is 16. The molecule has 0 nitrogen and oxygen atoms in total. The van der Waals surface area contributed by atoms with Crippen molar-refractivity contribution in [2.45, 2.75) is 47.4 Å². The topological polar surface area (TPSA) is 0 Å². The van der Waals surface area contributed by atoms with E-state index in [0.717, 1.165) is 0 Å². The summed E-state index contributed by atoms with van der Waals surface area (Å²) in [4.78, 5) is 0. The van der Waals surface area contributed by atoms with Gasteiger partial charge in [0.25, 0.3) is 0 Å². The third kappa shape index (κ3) is 2.03. The lowest BCUT2D eigenvalue weighted by Gasteiger charge is -2.48. The van der Waals surface area contributed by atoms with Gasteiger partial charge >= 0.3 is 47.4 Å². The highest BCUT2D eigenvalue weighted by Crippen LogP contribution is 2.71. The van der Waals surface area contributed by atoms with E-state index in [1.165, 1.54) is 0 Å². The van der Waals surface area contributed by atoms with Crippen LogP contribution in [-0.4, -0.2) is 23.7 Å². The molecule has 0 unspecified atom stereocenters. The van der Waals surface area contributed by atoms with E-state index >= 15 is 0 Å². The second kappa shape index (κ2) is 5.53. The van der Waals surface area contributed by atoms with Crippen LogP contribution in [0.1, 0.15) is 22.3 Å². The summed E-state index contributed by atoms with van der Waals surface area (Å²) in [5.41, 5.74) is -16.8. The Labute approximate surface area is 161 Å². The van der Waals surface area contributed by atoms with Gasteiger partial charge in [-0.2, -0.15) is 70.2 Å². The van der Waals surface area contributed by atoms with Gasteiger partial charge < -0.3 is 0 Å². The number of benzene rings is 1. The van der Waals surface area contributed by atoms with Crippen LogP contribution in [0.2, 0.25) is 0 Å². The maximum absolute atomic E-state index is 14.1. The molecule has 0 atom stereocenters. The Morgan fingerprint density at radius 1 is 0.281 bits per heavy atom. The monoisotopic (exact) mass is 510 g/mol. The number of fused-ring (bicyclic) bond motifs is 3. The summed E-state index contributed by atoms with van der Waals surface area (Å²) in [6.07, 6.45) is 0. The molecule has 0 heterocycles. The van der Waals surface area contributed by atoms with E-state index in [1.54, 1.807) is 0 Å². The Morgan fingerprint density at radius 3 is 0.625 bits per heavy atom. The fourth-order valence-electron chi connectivity index (χ4n) is 3.32. The predicted molar refractivity (Wildman–Crippen MR) is 61.7 cm³/mol. The van der Waals surface area contributed by atoms with Gasteiger partial charge in [0, 0.05) is 11.1 Å². The van der Waals surface area contributed by atoms with E-state index in [-0.39, 0.29) is 0 Å². The zero-order chi connectivity index (χ0) is 25.5. The molecule has 2 aliphatic carbocycles. The van der Waals surface area contributed by atoms with Crippen LogP contribution in [0.5, 0.6) is 0 Å². The molecule has 2 aliphatic rings. The number of hydrogen-bond acceptors (Lipinski definition) is 0. The molecule has 0 saturated heterocycles. The highest BCUT2D eigenvalue weighted by Gasteiger charge is 2.91. The molecular weight excluding hydrogens is 510 g/mol. The third-order valence-corrected chi connectivity index (χ3v) is 5.00. The van der Waals surface area contributed by atoms with Crippen LogP contribution in [0.4, 0.5) is 79.0 Å². The van der Waals surface area contributed by atoms with Gasteiger partial charge in [0.05, 0.1) is 11.1 Å². The van der Waals surface area contributed by atoms with Crippen molar-refractivity contribution in [2.24, 2.45) is 0 Å². The molecular formula is C14F18. The minimum absolute atomic E-state index is 4.06. The van der Waals surface area contributed by atoms with Crippen molar-refractivity contribution >= 4 is 0 Å². The first-order valence-corrected chi connectivity index (χ1v) is 7.40. The summed E-state index contributed by atoms with van der Waals surface area (Å²) in [5, 5.41) is 0. The van der Waals surface area contributed by atoms with Crippen LogP contribution in [0.15, 0.2) is 0 Å². The van der Waals surface area contributed by atoms with Crippen LogP contribution >= 0.6 is 0 Å². The first-order valence-electron chi connectivity index (χ1n) is 7.40. The number of halogens is 18. The van der Waals surface area contributed by atoms with Crippen molar-refractivity contribution in [3.8, 4) is 0 Å². The molecule has 0 fully saturated rings. The summed E-state index contributed by atoms with van der Waals surface area (Å²) < 4.78 is 248. The van der Waals surface area contributed by atoms with Gasteiger partial charge in [-0.15, -0.1) is 0 Å². The normalized spacial score (nSPS) is 29.1. The van der Waals surface area contributed by atoms with Crippen LogP contribution in [0.25, 0.3) is 0 Å². The highest BCUT2D eigenvalue weighted by molar-refractivity contribution is 5.58. The molecule has 1 aromatic carbocycles. The van der Waals surface area contributed by atoms with E-state index in [0.29, 0.717) is 0 Å². The fraction of sp³-hybridized carbons (Fsp3) is 0.571. The largest absolute Gasteiger partial charge is 0.383 e. The Hall–Kier alpha value is -2.04. The Morgan fingerprint density at radius 2 is 0.438 bits per heavy atom. The van der Waals surface area contributed by atoms with Gasteiger partial charge in [0.1, 0.15) is 0 Å². The molecule has 0 aromatic heterocycles. The van der Waals surface area contributed by atoms with Gasteiger partial charge in [0.15, 0.2) is 11.6 Å². The van der Waals surface area contributed by atoms with Crippen molar-refractivity contribution in [2.75, 3.05) is 0 Å². The van der Waals surface area contributed by atoms with Crippen molar-refractivity contribution < 1.29 is 79.0 Å². The Kier molecular flexibility index (Phi) is 4.25. The fourth-order valence-corrected chi connectivity index (χ4v) is 3.32. The van der Waals surface area contributed by atoms with Crippen LogP contribution in [0, 0.1) is 11.6 Å². The standard InChI is InChI=1S/C14F18/c15-5-3-1(7(17,18)11(25,26)13(29,30)9(3,21)22)2-4(6(5)16)10(23,24)14(31,32)12(27,28)8(2,19)20. The molecule has 0 bridgehead atoms. The molecule has 0 amide bonds. The minimum atomic E-state index is -7.57. The van der Waals surface area contributed by atoms with E-state index in [9.17, 15) is 79.0 Å². The maximum atomic E-state index is 14.1. The lowest BCUT2D eigenvalue weighted by Crippen LogP contribution is -2.68. The van der Waals surface area contributed by atoms with E-state index < -0.39 is 81.3 Å². The van der Waals surface area contributed by atoms with E-state index in [4.69, 9.17) is 0 Å². The highest BCUT2D eigenvalue weighted by atomic mass is 19.4. The second-order valence-corrected chi connectivity index (χ2v) is 6.72. The summed E-state index contributed by atoms with van der Waals surface area (Å²) in [6.45, 7) is 0. The summed E-state index contributed by atoms with van der Waals surface area (Å²) in [6, 6.07) is 0. The molecule has 0 N–H and O–H groups in total. The number of rotatable bonds is 0. The third-order valence-electron chi connectivity index (χ3n) is 5.00. The minimum Gasteiger partial charge on any atom is -0.203 e. The van der Waals surface area contributed by atoms with Crippen molar-refractivity contribution in [3.63, 3.8) is 0 Å². The molecule has 3 rings (SSSR count). The summed E-state index contributed by atoms with van der Waals surface area (Å²) in [5.74, 6) is -66.9.